The predicted octanol–water partition coefficient (Wildman–Crippen LogP) is 2.67. The molecule has 1 atom stereocenters. The molecule has 22 heavy (non-hydrogen) atoms. The maximum absolute atomic E-state index is 14.2. The van der Waals surface area contributed by atoms with Crippen LogP contribution in [0.2, 0.25) is 0 Å². The lowest BCUT2D eigenvalue weighted by molar-refractivity contribution is -0.138. The average Bonchev–Trinajstić information content (AvgIpc) is 2.47. The molecule has 116 valence electrons. The van der Waals surface area contributed by atoms with Crippen molar-refractivity contribution in [3.05, 3.63) is 65.0 Å². The number of nitrogens with two attached hydrogens (primary N) is 1. The first-order valence-electron chi connectivity index (χ1n) is 6.91. The standard InChI is InChI=1S/C17H18FNO3/c1-11-7-13(9-15(19)17(20)21)8-14(18)16(11)22-10-12-5-3-2-4-6-12/h2-8,15H,9-10,19H2,1H3,(H,20,21). The third kappa shape index (κ3) is 4.05. The van der Waals surface area contributed by atoms with Gasteiger partial charge in [-0.15, -0.1) is 0 Å². The molecule has 0 amide bonds. The van der Waals surface area contributed by atoms with Crippen LogP contribution in [0.4, 0.5) is 4.39 Å². The Morgan fingerprint density at radius 1 is 1.27 bits per heavy atom. The van der Waals surface area contributed by atoms with E-state index in [9.17, 15) is 9.18 Å². The van der Waals surface area contributed by atoms with Crippen LogP contribution in [0.15, 0.2) is 42.5 Å². The Morgan fingerprint density at radius 2 is 1.95 bits per heavy atom. The molecule has 0 aromatic heterocycles. The topological polar surface area (TPSA) is 72.6 Å². The van der Waals surface area contributed by atoms with E-state index in [0.29, 0.717) is 11.1 Å². The van der Waals surface area contributed by atoms with E-state index in [0.717, 1.165) is 5.56 Å². The molecule has 0 bridgehead atoms. The first-order chi connectivity index (χ1) is 10.5. The van der Waals surface area contributed by atoms with Crippen LogP contribution in [-0.4, -0.2) is 17.1 Å². The summed E-state index contributed by atoms with van der Waals surface area (Å²) in [6.45, 7) is 1.99. The van der Waals surface area contributed by atoms with Crippen molar-refractivity contribution in [2.75, 3.05) is 0 Å². The van der Waals surface area contributed by atoms with Gasteiger partial charge in [0.25, 0.3) is 0 Å². The van der Waals surface area contributed by atoms with Crippen LogP contribution in [0.5, 0.6) is 5.75 Å². The molecule has 1 unspecified atom stereocenters. The van der Waals surface area contributed by atoms with Gasteiger partial charge in [-0.1, -0.05) is 36.4 Å². The second-order valence-corrected chi connectivity index (χ2v) is 5.15. The number of aliphatic carboxylic acids is 1. The minimum absolute atomic E-state index is 0.0755. The number of hydrogen-bond donors (Lipinski definition) is 2. The van der Waals surface area contributed by atoms with Gasteiger partial charge in [0.2, 0.25) is 0 Å². The van der Waals surface area contributed by atoms with Gasteiger partial charge in [0, 0.05) is 0 Å². The van der Waals surface area contributed by atoms with Crippen molar-refractivity contribution in [2.24, 2.45) is 5.73 Å². The summed E-state index contributed by atoms with van der Waals surface area (Å²) in [5, 5.41) is 8.80. The average molecular weight is 303 g/mol. The molecule has 0 aliphatic heterocycles. The monoisotopic (exact) mass is 303 g/mol. The summed E-state index contributed by atoms with van der Waals surface area (Å²) in [5.41, 5.74) is 7.56. The van der Waals surface area contributed by atoms with Gasteiger partial charge in [-0.05, 0) is 36.1 Å². The summed E-state index contributed by atoms with van der Waals surface area (Å²) in [4.78, 5) is 10.8. The maximum Gasteiger partial charge on any atom is 0.320 e. The zero-order valence-electron chi connectivity index (χ0n) is 12.3. The molecular weight excluding hydrogens is 285 g/mol. The first kappa shape index (κ1) is 16.0. The van der Waals surface area contributed by atoms with Crippen molar-refractivity contribution in [3.8, 4) is 5.75 Å². The summed E-state index contributed by atoms with van der Waals surface area (Å²) in [6, 6.07) is 11.4. The highest BCUT2D eigenvalue weighted by molar-refractivity contribution is 5.73. The number of halogens is 1. The van der Waals surface area contributed by atoms with Crippen LogP contribution in [0, 0.1) is 12.7 Å². The Hall–Kier alpha value is -2.40. The minimum atomic E-state index is -1.11. The van der Waals surface area contributed by atoms with Gasteiger partial charge in [0.1, 0.15) is 12.6 Å². The van der Waals surface area contributed by atoms with E-state index in [1.165, 1.54) is 6.07 Å². The number of hydrogen-bond acceptors (Lipinski definition) is 3. The molecule has 2 rings (SSSR count). The fourth-order valence-corrected chi connectivity index (χ4v) is 2.17. The van der Waals surface area contributed by atoms with E-state index < -0.39 is 17.8 Å². The summed E-state index contributed by atoms with van der Waals surface area (Å²) in [7, 11) is 0. The van der Waals surface area contributed by atoms with E-state index in [4.69, 9.17) is 15.6 Å². The number of benzene rings is 2. The number of carboxylic acids is 1. The fraction of sp³-hybridized carbons (Fsp3) is 0.235. The smallest absolute Gasteiger partial charge is 0.320 e. The molecule has 0 radical (unpaired) electrons. The van der Waals surface area contributed by atoms with Gasteiger partial charge in [-0.25, -0.2) is 4.39 Å². The van der Waals surface area contributed by atoms with Crippen molar-refractivity contribution in [1.29, 1.82) is 0 Å². The van der Waals surface area contributed by atoms with Gasteiger partial charge in [0.05, 0.1) is 0 Å². The van der Waals surface area contributed by atoms with Crippen LogP contribution in [0.3, 0.4) is 0 Å². The molecule has 2 aromatic carbocycles. The molecule has 0 aliphatic rings. The van der Waals surface area contributed by atoms with Crippen molar-refractivity contribution >= 4 is 5.97 Å². The van der Waals surface area contributed by atoms with Gasteiger partial charge >= 0.3 is 5.97 Å². The normalized spacial score (nSPS) is 12.0. The molecular formula is C17H18FNO3. The lowest BCUT2D eigenvalue weighted by Crippen LogP contribution is -2.32. The van der Waals surface area contributed by atoms with E-state index in [2.05, 4.69) is 0 Å². The Balaban J connectivity index is 2.11. The van der Waals surface area contributed by atoms with E-state index in [1.807, 2.05) is 30.3 Å². The number of carbonyl (C=O) groups is 1. The van der Waals surface area contributed by atoms with Crippen LogP contribution < -0.4 is 10.5 Å². The Kier molecular flexibility index (Phi) is 5.12. The highest BCUT2D eigenvalue weighted by Crippen LogP contribution is 2.25. The molecule has 0 fully saturated rings. The van der Waals surface area contributed by atoms with E-state index in [1.54, 1.807) is 13.0 Å². The molecule has 0 saturated heterocycles. The minimum Gasteiger partial charge on any atom is -0.486 e. The van der Waals surface area contributed by atoms with Gasteiger partial charge in [0.15, 0.2) is 11.6 Å². The quantitative estimate of drug-likeness (QED) is 0.860. The summed E-state index contributed by atoms with van der Waals surface area (Å²) >= 11 is 0. The zero-order valence-corrected chi connectivity index (χ0v) is 12.3. The summed E-state index contributed by atoms with van der Waals surface area (Å²) < 4.78 is 19.7. The van der Waals surface area contributed by atoms with Crippen molar-refractivity contribution in [2.45, 2.75) is 26.0 Å². The lowest BCUT2D eigenvalue weighted by atomic mass is 10.0. The zero-order chi connectivity index (χ0) is 16.1. The number of carboxylic acid groups (broad SMARTS) is 1. The fourth-order valence-electron chi connectivity index (χ4n) is 2.17. The van der Waals surface area contributed by atoms with Gasteiger partial charge < -0.3 is 15.6 Å². The van der Waals surface area contributed by atoms with Gasteiger partial charge in [-0.3, -0.25) is 4.79 Å². The Bertz CT molecular complexity index is 635. The van der Waals surface area contributed by atoms with Crippen molar-refractivity contribution in [3.63, 3.8) is 0 Å². The van der Waals surface area contributed by atoms with Crippen LogP contribution >= 0.6 is 0 Å². The lowest BCUT2D eigenvalue weighted by Gasteiger charge is -2.13. The maximum atomic E-state index is 14.2. The molecule has 5 heteroatoms. The van der Waals surface area contributed by atoms with Gasteiger partial charge in [-0.2, -0.15) is 0 Å². The van der Waals surface area contributed by atoms with Crippen LogP contribution in [0.25, 0.3) is 0 Å². The first-order valence-corrected chi connectivity index (χ1v) is 6.91. The molecule has 4 nitrogen and oxygen atoms in total. The molecule has 0 saturated carbocycles. The predicted molar refractivity (Wildman–Crippen MR) is 81.2 cm³/mol. The SMILES string of the molecule is Cc1cc(CC(N)C(=O)O)cc(F)c1OCc1ccccc1. The molecule has 3 N–H and O–H groups in total. The number of rotatable bonds is 6. The van der Waals surface area contributed by atoms with Crippen molar-refractivity contribution in [1.82, 2.24) is 0 Å². The number of aryl methyl sites for hydroxylation is 1. The third-order valence-electron chi connectivity index (χ3n) is 3.29. The molecule has 0 aliphatic carbocycles. The van der Waals surface area contributed by atoms with E-state index in [-0.39, 0.29) is 18.8 Å². The second-order valence-electron chi connectivity index (χ2n) is 5.15. The Labute approximate surface area is 128 Å². The van der Waals surface area contributed by atoms with E-state index >= 15 is 0 Å². The molecule has 0 spiro atoms. The largest absolute Gasteiger partial charge is 0.486 e. The Morgan fingerprint density at radius 3 is 2.55 bits per heavy atom. The third-order valence-corrected chi connectivity index (χ3v) is 3.29. The van der Waals surface area contributed by atoms with Crippen LogP contribution in [0.1, 0.15) is 16.7 Å². The number of ether oxygens (including phenoxy) is 1. The highest BCUT2D eigenvalue weighted by Gasteiger charge is 2.15. The second kappa shape index (κ2) is 7.04. The van der Waals surface area contributed by atoms with Crippen molar-refractivity contribution < 1.29 is 19.0 Å². The van der Waals surface area contributed by atoms with Crippen LogP contribution in [-0.2, 0) is 17.8 Å². The summed E-state index contributed by atoms with van der Waals surface area (Å²) in [5.74, 6) is -1.44. The highest BCUT2D eigenvalue weighted by atomic mass is 19.1. The molecule has 2 aromatic rings. The summed E-state index contributed by atoms with van der Waals surface area (Å²) in [6.07, 6.45) is 0.0755. The molecule has 0 heterocycles.